The number of aryl methyl sites for hydroxylation is 1. The van der Waals surface area contributed by atoms with E-state index in [-0.39, 0.29) is 23.2 Å². The maximum Gasteiger partial charge on any atom is 0.310 e. The first-order valence-corrected chi connectivity index (χ1v) is 4.56. The maximum atomic E-state index is 12.6. The molecule has 0 saturated carbocycles. The van der Waals surface area contributed by atoms with Gasteiger partial charge in [0.15, 0.2) is 0 Å². The normalized spacial score (nSPS) is 10.6. The molecule has 0 aromatic carbocycles. The van der Waals surface area contributed by atoms with E-state index >= 15 is 0 Å². The predicted molar refractivity (Wildman–Crippen MR) is 54.1 cm³/mol. The average Bonchev–Trinajstić information content (AvgIpc) is 2.24. The van der Waals surface area contributed by atoms with Gasteiger partial charge in [-0.05, 0) is 12.5 Å². The molecule has 0 spiro atoms. The van der Waals surface area contributed by atoms with E-state index in [1.807, 2.05) is 0 Å². The van der Waals surface area contributed by atoms with E-state index in [1.165, 1.54) is 7.11 Å². The number of alkyl halides is 2. The Morgan fingerprint density at radius 2 is 2.25 bits per heavy atom. The van der Waals surface area contributed by atoms with Crippen LogP contribution in [-0.4, -0.2) is 18.1 Å². The van der Waals surface area contributed by atoms with Crippen LogP contribution in [0.15, 0.2) is 6.20 Å². The summed E-state index contributed by atoms with van der Waals surface area (Å²) in [6.45, 7) is 1.59. The Kier molecular flexibility index (Phi) is 3.76. The van der Waals surface area contributed by atoms with Gasteiger partial charge in [0.25, 0.3) is 6.43 Å². The van der Waals surface area contributed by atoms with Crippen molar-refractivity contribution in [1.29, 1.82) is 0 Å². The first kappa shape index (κ1) is 12.4. The van der Waals surface area contributed by atoms with Crippen LogP contribution in [0.1, 0.15) is 23.2 Å². The molecule has 0 amide bonds. The zero-order valence-corrected chi connectivity index (χ0v) is 8.96. The van der Waals surface area contributed by atoms with Gasteiger partial charge in [-0.2, -0.15) is 0 Å². The zero-order chi connectivity index (χ0) is 12.3. The van der Waals surface area contributed by atoms with Crippen LogP contribution in [0.2, 0.25) is 0 Å². The van der Waals surface area contributed by atoms with E-state index in [1.54, 1.807) is 6.92 Å². The second kappa shape index (κ2) is 4.87. The largest absolute Gasteiger partial charge is 0.469 e. The van der Waals surface area contributed by atoms with Gasteiger partial charge in [-0.15, -0.1) is 0 Å². The number of nitrogens with two attached hydrogens (primary N) is 1. The van der Waals surface area contributed by atoms with Crippen molar-refractivity contribution in [3.05, 3.63) is 23.0 Å². The van der Waals surface area contributed by atoms with E-state index < -0.39 is 12.4 Å². The molecule has 0 aliphatic heterocycles. The maximum absolute atomic E-state index is 12.6. The highest BCUT2D eigenvalue weighted by Crippen LogP contribution is 2.28. The van der Waals surface area contributed by atoms with Gasteiger partial charge in [-0.1, -0.05) is 0 Å². The van der Waals surface area contributed by atoms with Crippen LogP contribution in [0.3, 0.4) is 0 Å². The van der Waals surface area contributed by atoms with Gasteiger partial charge in [0, 0.05) is 11.8 Å². The summed E-state index contributed by atoms with van der Waals surface area (Å²) in [7, 11) is 1.19. The summed E-state index contributed by atoms with van der Waals surface area (Å²) in [6.07, 6.45) is -1.95. The smallest absolute Gasteiger partial charge is 0.310 e. The molecular weight excluding hydrogens is 218 g/mol. The molecule has 0 saturated heterocycles. The Hall–Kier alpha value is -1.72. The van der Waals surface area contributed by atoms with Gasteiger partial charge in [0.1, 0.15) is 0 Å². The summed E-state index contributed by atoms with van der Waals surface area (Å²) < 4.78 is 29.7. The number of hydrogen-bond donors (Lipinski definition) is 1. The number of carbonyl (C=O) groups excluding carboxylic acids is 1. The molecule has 4 nitrogen and oxygen atoms in total. The minimum Gasteiger partial charge on any atom is -0.469 e. The zero-order valence-electron chi connectivity index (χ0n) is 8.96. The predicted octanol–water partition coefficient (Wildman–Crippen LogP) is 1.63. The van der Waals surface area contributed by atoms with Crippen molar-refractivity contribution >= 4 is 11.7 Å². The molecule has 0 bridgehead atoms. The number of aromatic nitrogens is 1. The number of halogens is 2. The lowest BCUT2D eigenvalue weighted by molar-refractivity contribution is -0.139. The standard InChI is InChI=1S/C10H12F2N2O2/c1-5-9(13)6(3-8(15)16-2)7(4-14-5)10(11)12/h4,10H,3,13H2,1-2H3. The molecule has 0 aliphatic carbocycles. The third-order valence-electron chi connectivity index (χ3n) is 2.24. The monoisotopic (exact) mass is 230 g/mol. The highest BCUT2D eigenvalue weighted by atomic mass is 19.3. The number of hydrogen-bond acceptors (Lipinski definition) is 4. The van der Waals surface area contributed by atoms with Gasteiger partial charge >= 0.3 is 5.97 Å². The van der Waals surface area contributed by atoms with Crippen molar-refractivity contribution in [3.8, 4) is 0 Å². The second-order valence-corrected chi connectivity index (χ2v) is 3.24. The molecule has 0 aliphatic rings. The average molecular weight is 230 g/mol. The summed E-state index contributed by atoms with van der Waals surface area (Å²) >= 11 is 0. The fourth-order valence-corrected chi connectivity index (χ4v) is 1.29. The van der Waals surface area contributed by atoms with Gasteiger partial charge in [-0.3, -0.25) is 9.78 Å². The summed E-state index contributed by atoms with van der Waals surface area (Å²) in [5, 5.41) is 0. The minimum absolute atomic E-state index is 0.0920. The fourth-order valence-electron chi connectivity index (χ4n) is 1.29. The molecule has 1 heterocycles. The highest BCUT2D eigenvalue weighted by Gasteiger charge is 2.19. The highest BCUT2D eigenvalue weighted by molar-refractivity contribution is 5.76. The van der Waals surface area contributed by atoms with Gasteiger partial charge < -0.3 is 10.5 Å². The number of nitrogen functional groups attached to an aromatic ring is 1. The fraction of sp³-hybridized carbons (Fsp3) is 0.400. The van der Waals surface area contributed by atoms with Crippen molar-refractivity contribution in [2.24, 2.45) is 0 Å². The molecule has 6 heteroatoms. The molecule has 0 radical (unpaired) electrons. The van der Waals surface area contributed by atoms with Crippen molar-refractivity contribution in [1.82, 2.24) is 4.98 Å². The third kappa shape index (κ3) is 2.44. The van der Waals surface area contributed by atoms with Crippen LogP contribution in [-0.2, 0) is 16.0 Å². The Balaban J connectivity index is 3.20. The Labute approximate surface area is 91.4 Å². The molecule has 88 valence electrons. The molecule has 0 atom stereocenters. The van der Waals surface area contributed by atoms with Crippen molar-refractivity contribution in [3.63, 3.8) is 0 Å². The quantitative estimate of drug-likeness (QED) is 0.801. The molecule has 2 N–H and O–H groups in total. The van der Waals surface area contributed by atoms with Crippen LogP contribution in [0.25, 0.3) is 0 Å². The first-order chi connectivity index (χ1) is 7.47. The van der Waals surface area contributed by atoms with E-state index in [9.17, 15) is 13.6 Å². The lowest BCUT2D eigenvalue weighted by atomic mass is 10.0. The van der Waals surface area contributed by atoms with Crippen LogP contribution in [0, 0.1) is 6.92 Å². The number of pyridine rings is 1. The number of methoxy groups -OCH3 is 1. The molecule has 1 aromatic heterocycles. The van der Waals surface area contributed by atoms with Crippen molar-refractivity contribution in [2.45, 2.75) is 19.8 Å². The number of ether oxygens (including phenoxy) is 1. The van der Waals surface area contributed by atoms with Crippen LogP contribution in [0.4, 0.5) is 14.5 Å². The third-order valence-corrected chi connectivity index (χ3v) is 2.24. The molecule has 1 rings (SSSR count). The summed E-state index contributed by atoms with van der Waals surface area (Å²) in [5.41, 5.74) is 5.92. The summed E-state index contributed by atoms with van der Waals surface area (Å²) in [5.74, 6) is -0.612. The summed E-state index contributed by atoms with van der Waals surface area (Å²) in [6, 6.07) is 0. The lowest BCUT2D eigenvalue weighted by Gasteiger charge is -2.12. The minimum atomic E-state index is -2.71. The van der Waals surface area contributed by atoms with Crippen LogP contribution in [0.5, 0.6) is 0 Å². The Morgan fingerprint density at radius 3 is 2.75 bits per heavy atom. The first-order valence-electron chi connectivity index (χ1n) is 4.56. The molecule has 1 aromatic rings. The number of esters is 1. The number of carbonyl (C=O) groups is 1. The number of anilines is 1. The van der Waals surface area contributed by atoms with E-state index in [0.29, 0.717) is 5.69 Å². The van der Waals surface area contributed by atoms with Gasteiger partial charge in [0.05, 0.1) is 24.9 Å². The van der Waals surface area contributed by atoms with Gasteiger partial charge in [-0.25, -0.2) is 8.78 Å². The SMILES string of the molecule is COC(=O)Cc1c(C(F)F)cnc(C)c1N. The Bertz CT molecular complexity index is 408. The van der Waals surface area contributed by atoms with Crippen LogP contribution >= 0.6 is 0 Å². The van der Waals surface area contributed by atoms with Gasteiger partial charge in [0.2, 0.25) is 0 Å². The molecule has 16 heavy (non-hydrogen) atoms. The van der Waals surface area contributed by atoms with Crippen LogP contribution < -0.4 is 5.73 Å². The van der Waals surface area contributed by atoms with E-state index in [4.69, 9.17) is 5.73 Å². The molecule has 0 fully saturated rings. The van der Waals surface area contributed by atoms with Crippen molar-refractivity contribution < 1.29 is 18.3 Å². The number of rotatable bonds is 3. The Morgan fingerprint density at radius 1 is 1.62 bits per heavy atom. The summed E-state index contributed by atoms with van der Waals surface area (Å²) in [4.78, 5) is 14.8. The number of nitrogens with zero attached hydrogens (tertiary/aromatic N) is 1. The van der Waals surface area contributed by atoms with E-state index in [0.717, 1.165) is 6.20 Å². The van der Waals surface area contributed by atoms with E-state index in [2.05, 4.69) is 9.72 Å². The molecule has 0 unspecified atom stereocenters. The van der Waals surface area contributed by atoms with Crippen molar-refractivity contribution in [2.75, 3.05) is 12.8 Å². The topological polar surface area (TPSA) is 65.2 Å². The lowest BCUT2D eigenvalue weighted by Crippen LogP contribution is -2.11. The second-order valence-electron chi connectivity index (χ2n) is 3.24. The molecular formula is C10H12F2N2O2.